The van der Waals surface area contributed by atoms with Gasteiger partial charge in [0.15, 0.2) is 10.3 Å². The molecule has 0 aromatic heterocycles. The Hall–Kier alpha value is -1.63. The summed E-state index contributed by atoms with van der Waals surface area (Å²) in [4.78, 5) is 8.95. The molecule has 31 heavy (non-hydrogen) atoms. The summed E-state index contributed by atoms with van der Waals surface area (Å²) < 4.78 is 0. The van der Waals surface area contributed by atoms with Gasteiger partial charge in [-0.2, -0.15) is 0 Å². The van der Waals surface area contributed by atoms with E-state index in [1.165, 1.54) is 58.0 Å². The number of aryl methyl sites for hydroxylation is 4. The molecule has 168 valence electrons. The van der Waals surface area contributed by atoms with Crippen LogP contribution in [0, 0.1) is 27.7 Å². The van der Waals surface area contributed by atoms with E-state index in [1.54, 1.807) is 0 Å². The fraction of sp³-hybridized carbons (Fsp3) is 0.417. The zero-order valence-corrected chi connectivity index (χ0v) is 21.3. The van der Waals surface area contributed by atoms with Crippen molar-refractivity contribution in [1.29, 1.82) is 0 Å². The molecular formula is C24H33ClN4S2. The number of benzene rings is 2. The Morgan fingerprint density at radius 3 is 1.29 bits per heavy atom. The monoisotopic (exact) mass is 476 g/mol. The summed E-state index contributed by atoms with van der Waals surface area (Å²) in [6.07, 6.45) is 2.39. The minimum Gasteiger partial charge on any atom is -0.335 e. The van der Waals surface area contributed by atoms with Gasteiger partial charge in [0.2, 0.25) is 0 Å². The number of thioether (sulfide) groups is 2. The molecule has 0 atom stereocenters. The number of anilines is 2. The Morgan fingerprint density at radius 2 is 1.00 bits per heavy atom. The predicted molar refractivity (Wildman–Crippen MR) is 145 cm³/mol. The van der Waals surface area contributed by atoms with Gasteiger partial charge in [-0.15, -0.1) is 12.4 Å². The molecule has 2 aliphatic rings. The zero-order valence-electron chi connectivity index (χ0n) is 18.8. The largest absolute Gasteiger partial charge is 0.335 e. The number of amidine groups is 2. The van der Waals surface area contributed by atoms with Crippen LogP contribution in [0.4, 0.5) is 11.4 Å². The van der Waals surface area contributed by atoms with Crippen molar-refractivity contribution in [3.63, 3.8) is 0 Å². The number of hydrogen-bond donors (Lipinski definition) is 2. The molecule has 0 fully saturated rings. The predicted octanol–water partition coefficient (Wildman–Crippen LogP) is 6.84. The van der Waals surface area contributed by atoms with Gasteiger partial charge in [0.25, 0.3) is 0 Å². The van der Waals surface area contributed by atoms with Gasteiger partial charge in [0, 0.05) is 36.0 Å². The SMILES string of the molecule is Cc1cccc(C)c1NC1=NCCCS1.Cc1cccc(C)c1NC1=NCCCS1.Cl. The maximum atomic E-state index is 4.48. The molecule has 2 aliphatic heterocycles. The molecular weight excluding hydrogens is 444 g/mol. The standard InChI is InChI=1S/2C12H16N2S.ClH/c2*1-9-5-3-6-10(2)11(9)14-12-13-7-4-8-15-12;/h2*3,5-6H,4,7-8H2,1-2H3,(H,13,14);1H. The number of nitrogens with zero attached hydrogens (tertiary/aromatic N) is 2. The summed E-state index contributed by atoms with van der Waals surface area (Å²) in [5, 5.41) is 9.00. The number of hydrogen-bond acceptors (Lipinski definition) is 6. The van der Waals surface area contributed by atoms with Gasteiger partial charge >= 0.3 is 0 Å². The van der Waals surface area contributed by atoms with Gasteiger partial charge in [0.05, 0.1) is 0 Å². The lowest BCUT2D eigenvalue weighted by Gasteiger charge is -2.16. The fourth-order valence-electron chi connectivity index (χ4n) is 3.31. The molecule has 0 saturated heterocycles. The molecule has 0 radical (unpaired) electrons. The topological polar surface area (TPSA) is 48.8 Å². The van der Waals surface area contributed by atoms with E-state index in [4.69, 9.17) is 0 Å². The Balaban J connectivity index is 0.000000213. The van der Waals surface area contributed by atoms with Crippen molar-refractivity contribution < 1.29 is 0 Å². The first-order valence-electron chi connectivity index (χ1n) is 10.6. The lowest BCUT2D eigenvalue weighted by atomic mass is 10.1. The van der Waals surface area contributed by atoms with Crippen molar-refractivity contribution in [2.24, 2.45) is 9.98 Å². The maximum absolute atomic E-state index is 4.48. The van der Waals surface area contributed by atoms with Crippen molar-refractivity contribution in [3.8, 4) is 0 Å². The first-order valence-corrected chi connectivity index (χ1v) is 12.5. The molecule has 4 nitrogen and oxygen atoms in total. The summed E-state index contributed by atoms with van der Waals surface area (Å²) >= 11 is 3.63. The average Bonchev–Trinajstić information content (AvgIpc) is 2.76. The van der Waals surface area contributed by atoms with Crippen LogP contribution in [0.15, 0.2) is 46.4 Å². The van der Waals surface area contributed by atoms with E-state index in [0.717, 1.165) is 23.4 Å². The summed E-state index contributed by atoms with van der Waals surface area (Å²) in [5.41, 5.74) is 7.55. The number of aliphatic imine (C=N–C) groups is 2. The molecule has 2 aromatic rings. The van der Waals surface area contributed by atoms with Gasteiger partial charge in [-0.3, -0.25) is 9.98 Å². The van der Waals surface area contributed by atoms with Crippen molar-refractivity contribution >= 4 is 57.6 Å². The first kappa shape index (κ1) is 25.6. The van der Waals surface area contributed by atoms with Crippen molar-refractivity contribution in [1.82, 2.24) is 0 Å². The average molecular weight is 477 g/mol. The number of nitrogens with one attached hydrogen (secondary N) is 2. The van der Waals surface area contributed by atoms with Crippen LogP contribution in [0.3, 0.4) is 0 Å². The molecule has 2 aromatic carbocycles. The van der Waals surface area contributed by atoms with Crippen LogP contribution in [0.25, 0.3) is 0 Å². The summed E-state index contributed by atoms with van der Waals surface area (Å²) in [6.45, 7) is 10.4. The van der Waals surface area contributed by atoms with Crippen LogP contribution in [0.2, 0.25) is 0 Å². The smallest absolute Gasteiger partial charge is 0.161 e. The maximum Gasteiger partial charge on any atom is 0.161 e. The minimum atomic E-state index is 0. The highest BCUT2D eigenvalue weighted by Gasteiger charge is 2.09. The molecule has 2 N–H and O–H groups in total. The van der Waals surface area contributed by atoms with E-state index in [0.29, 0.717) is 0 Å². The molecule has 4 rings (SSSR count). The third-order valence-corrected chi connectivity index (χ3v) is 7.01. The Morgan fingerprint density at radius 1 is 0.645 bits per heavy atom. The van der Waals surface area contributed by atoms with Gasteiger partial charge in [-0.05, 0) is 62.8 Å². The van der Waals surface area contributed by atoms with Crippen LogP contribution in [0.1, 0.15) is 35.1 Å². The highest BCUT2D eigenvalue weighted by Crippen LogP contribution is 2.24. The molecule has 0 bridgehead atoms. The van der Waals surface area contributed by atoms with Crippen LogP contribution in [0.5, 0.6) is 0 Å². The molecule has 0 saturated carbocycles. The van der Waals surface area contributed by atoms with E-state index >= 15 is 0 Å². The minimum absolute atomic E-state index is 0. The molecule has 7 heteroatoms. The number of rotatable bonds is 2. The Bertz CT molecular complexity index is 812. The second-order valence-corrected chi connectivity index (χ2v) is 9.73. The second-order valence-electron chi connectivity index (χ2n) is 7.56. The van der Waals surface area contributed by atoms with Crippen molar-refractivity contribution in [3.05, 3.63) is 58.7 Å². The number of para-hydroxylation sites is 2. The zero-order chi connectivity index (χ0) is 21.3. The van der Waals surface area contributed by atoms with Gasteiger partial charge in [-0.25, -0.2) is 0 Å². The Kier molecular flexibility index (Phi) is 10.8. The van der Waals surface area contributed by atoms with E-state index in [9.17, 15) is 0 Å². The van der Waals surface area contributed by atoms with Crippen molar-refractivity contribution in [2.45, 2.75) is 40.5 Å². The van der Waals surface area contributed by atoms with Crippen LogP contribution < -0.4 is 10.6 Å². The normalized spacial score (nSPS) is 15.5. The molecule has 0 amide bonds. The lowest BCUT2D eigenvalue weighted by molar-refractivity contribution is 0.938. The van der Waals surface area contributed by atoms with Crippen molar-refractivity contribution in [2.75, 3.05) is 35.2 Å². The third-order valence-electron chi connectivity index (χ3n) is 5.02. The van der Waals surface area contributed by atoms with Gasteiger partial charge < -0.3 is 10.6 Å². The van der Waals surface area contributed by atoms with Gasteiger partial charge in [-0.1, -0.05) is 59.9 Å². The lowest BCUT2D eigenvalue weighted by Crippen LogP contribution is -2.14. The van der Waals surface area contributed by atoms with E-state index in [-0.39, 0.29) is 12.4 Å². The molecule has 0 unspecified atom stereocenters. The van der Waals surface area contributed by atoms with Gasteiger partial charge in [0.1, 0.15) is 0 Å². The molecule has 0 aliphatic carbocycles. The Labute approximate surface area is 201 Å². The van der Waals surface area contributed by atoms with Crippen LogP contribution in [-0.2, 0) is 0 Å². The van der Waals surface area contributed by atoms with E-state index < -0.39 is 0 Å². The van der Waals surface area contributed by atoms with Crippen LogP contribution >= 0.6 is 35.9 Å². The molecule has 2 heterocycles. The quantitative estimate of drug-likeness (QED) is 0.498. The fourth-order valence-corrected chi connectivity index (χ4v) is 4.95. The summed E-state index contributed by atoms with van der Waals surface area (Å²) in [7, 11) is 0. The molecule has 0 spiro atoms. The second kappa shape index (κ2) is 13.0. The highest BCUT2D eigenvalue weighted by molar-refractivity contribution is 8.14. The van der Waals surface area contributed by atoms with Crippen LogP contribution in [-0.4, -0.2) is 34.9 Å². The first-order chi connectivity index (χ1) is 14.5. The van der Waals surface area contributed by atoms with E-state index in [2.05, 4.69) is 84.7 Å². The summed E-state index contributed by atoms with van der Waals surface area (Å²) in [5.74, 6) is 2.35. The summed E-state index contributed by atoms with van der Waals surface area (Å²) in [6, 6.07) is 12.7. The number of halogens is 1. The highest BCUT2D eigenvalue weighted by atomic mass is 35.5. The van der Waals surface area contributed by atoms with E-state index in [1.807, 2.05) is 23.5 Å². The third kappa shape index (κ3) is 7.78.